The third-order valence-corrected chi connectivity index (χ3v) is 5.47. The number of pyridine rings is 1. The molecule has 3 rings (SSSR count). The number of nitrogens with zero attached hydrogens (tertiary/aromatic N) is 2. The van der Waals surface area contributed by atoms with Crippen molar-refractivity contribution in [3.63, 3.8) is 0 Å². The van der Waals surface area contributed by atoms with Crippen LogP contribution in [0.25, 0.3) is 0 Å². The smallest absolute Gasteiger partial charge is 0.223 e. The van der Waals surface area contributed by atoms with Gasteiger partial charge in [0.05, 0.1) is 11.6 Å². The zero-order valence-corrected chi connectivity index (χ0v) is 15.8. The molecule has 0 N–H and O–H groups in total. The van der Waals surface area contributed by atoms with E-state index in [0.717, 1.165) is 32.2 Å². The highest BCUT2D eigenvalue weighted by Gasteiger charge is 2.53. The summed E-state index contributed by atoms with van der Waals surface area (Å²) in [6, 6.07) is 5.79. The van der Waals surface area contributed by atoms with Crippen molar-refractivity contribution >= 4 is 5.91 Å². The lowest BCUT2D eigenvalue weighted by Crippen LogP contribution is -2.54. The van der Waals surface area contributed by atoms with E-state index < -0.39 is 0 Å². The lowest BCUT2D eigenvalue weighted by atomic mass is 9.79. The van der Waals surface area contributed by atoms with Gasteiger partial charge in [-0.1, -0.05) is 26.8 Å². The number of carbonyl (C=O) groups excluding carboxylic acids is 1. The Labute approximate surface area is 150 Å². The predicted octanol–water partition coefficient (Wildman–Crippen LogP) is 3.44. The van der Waals surface area contributed by atoms with E-state index >= 15 is 0 Å². The number of hydrogen-bond donors (Lipinski definition) is 0. The van der Waals surface area contributed by atoms with Crippen molar-refractivity contribution in [3.05, 3.63) is 24.4 Å². The van der Waals surface area contributed by atoms with Gasteiger partial charge in [0.1, 0.15) is 6.10 Å². The van der Waals surface area contributed by atoms with Crippen LogP contribution in [0.1, 0.15) is 52.9 Å². The number of aromatic nitrogens is 1. The molecule has 0 aromatic carbocycles. The van der Waals surface area contributed by atoms with Gasteiger partial charge in [0, 0.05) is 38.8 Å². The monoisotopic (exact) mass is 346 g/mol. The Morgan fingerprint density at radius 2 is 2.16 bits per heavy atom. The third kappa shape index (κ3) is 3.97. The minimum Gasteiger partial charge on any atom is -0.474 e. The number of amides is 1. The molecular weight excluding hydrogens is 316 g/mol. The zero-order chi connectivity index (χ0) is 18.1. The fourth-order valence-electron chi connectivity index (χ4n) is 4.21. The van der Waals surface area contributed by atoms with E-state index in [9.17, 15) is 4.79 Å². The van der Waals surface area contributed by atoms with E-state index in [0.29, 0.717) is 12.3 Å². The minimum atomic E-state index is -0.211. The Morgan fingerprint density at radius 3 is 2.80 bits per heavy atom. The molecule has 3 atom stereocenters. The maximum atomic E-state index is 12.9. The molecular formula is C20H30N2O3. The second-order valence-corrected chi connectivity index (χ2v) is 8.54. The molecule has 2 heterocycles. The van der Waals surface area contributed by atoms with E-state index in [1.54, 1.807) is 13.3 Å². The van der Waals surface area contributed by atoms with Crippen molar-refractivity contribution in [3.8, 4) is 5.88 Å². The van der Waals surface area contributed by atoms with E-state index in [-0.39, 0.29) is 29.1 Å². The first-order valence-corrected chi connectivity index (χ1v) is 9.25. The number of carbonyl (C=O) groups is 1. The quantitative estimate of drug-likeness (QED) is 0.838. The standard InChI is InChI=1S/C20H30N2O3/c1-19(2,3)14-18(23)22-12-10-20(24-4)9-8-15(13-16(20)22)25-17-7-5-6-11-21-17/h5-7,11,15-16H,8-10,12-14H2,1-4H3/t15?,16?,20-/m1/s1. The molecule has 1 amide bonds. The molecule has 5 heteroatoms. The normalized spacial score (nSPS) is 29.4. The van der Waals surface area contributed by atoms with E-state index in [2.05, 4.69) is 25.8 Å². The molecule has 2 unspecified atom stereocenters. The summed E-state index contributed by atoms with van der Waals surface area (Å²) < 4.78 is 12.0. The van der Waals surface area contributed by atoms with Gasteiger partial charge in [0.15, 0.2) is 0 Å². The SMILES string of the molecule is CO[C@@]12CCC(Oc3ccccn3)CC1N(C(=O)CC(C)(C)C)CC2. The Kier molecular flexibility index (Phi) is 5.05. The van der Waals surface area contributed by atoms with Crippen LogP contribution in [0.5, 0.6) is 5.88 Å². The number of likely N-dealkylation sites (tertiary alicyclic amines) is 1. The van der Waals surface area contributed by atoms with Gasteiger partial charge in [-0.2, -0.15) is 0 Å². The average molecular weight is 346 g/mol. The summed E-state index contributed by atoms with van der Waals surface area (Å²) in [6.07, 6.45) is 5.96. The van der Waals surface area contributed by atoms with Crippen LogP contribution < -0.4 is 4.74 Å². The van der Waals surface area contributed by atoms with Gasteiger partial charge in [-0.25, -0.2) is 4.98 Å². The van der Waals surface area contributed by atoms with E-state index in [4.69, 9.17) is 9.47 Å². The molecule has 2 fully saturated rings. The van der Waals surface area contributed by atoms with Crippen LogP contribution in [-0.2, 0) is 9.53 Å². The van der Waals surface area contributed by atoms with Crippen molar-refractivity contribution in [2.75, 3.05) is 13.7 Å². The maximum absolute atomic E-state index is 12.9. The van der Waals surface area contributed by atoms with Crippen LogP contribution in [0, 0.1) is 5.41 Å². The molecule has 1 aromatic rings. The van der Waals surface area contributed by atoms with Crippen LogP contribution in [-0.4, -0.2) is 47.2 Å². The highest BCUT2D eigenvalue weighted by Crippen LogP contribution is 2.43. The number of ether oxygens (including phenoxy) is 2. The first-order valence-electron chi connectivity index (χ1n) is 9.25. The first-order chi connectivity index (χ1) is 11.8. The van der Waals surface area contributed by atoms with Gasteiger partial charge in [-0.3, -0.25) is 4.79 Å². The van der Waals surface area contributed by atoms with Gasteiger partial charge in [0.2, 0.25) is 11.8 Å². The molecule has 5 nitrogen and oxygen atoms in total. The molecule has 1 saturated carbocycles. The van der Waals surface area contributed by atoms with Crippen LogP contribution in [0.2, 0.25) is 0 Å². The molecule has 1 saturated heterocycles. The van der Waals surface area contributed by atoms with Crippen LogP contribution in [0.15, 0.2) is 24.4 Å². The summed E-state index contributed by atoms with van der Waals surface area (Å²) in [5, 5.41) is 0. The van der Waals surface area contributed by atoms with Gasteiger partial charge < -0.3 is 14.4 Å². The highest BCUT2D eigenvalue weighted by atomic mass is 16.5. The summed E-state index contributed by atoms with van der Waals surface area (Å²) in [5.41, 5.74) is -0.217. The van der Waals surface area contributed by atoms with Crippen molar-refractivity contribution in [1.29, 1.82) is 0 Å². The molecule has 0 radical (unpaired) electrons. The topological polar surface area (TPSA) is 51.7 Å². The zero-order valence-electron chi connectivity index (χ0n) is 15.8. The van der Waals surface area contributed by atoms with Gasteiger partial charge in [-0.15, -0.1) is 0 Å². The fourth-order valence-corrected chi connectivity index (χ4v) is 4.21. The molecule has 138 valence electrons. The van der Waals surface area contributed by atoms with E-state index in [1.165, 1.54) is 0 Å². The lowest BCUT2D eigenvalue weighted by molar-refractivity contribution is -0.141. The third-order valence-electron chi connectivity index (χ3n) is 5.47. The van der Waals surface area contributed by atoms with Gasteiger partial charge >= 0.3 is 0 Å². The summed E-state index contributed by atoms with van der Waals surface area (Å²) in [7, 11) is 1.78. The largest absolute Gasteiger partial charge is 0.474 e. The maximum Gasteiger partial charge on any atom is 0.223 e. The van der Waals surface area contributed by atoms with Crippen LogP contribution >= 0.6 is 0 Å². The minimum absolute atomic E-state index is 0.00602. The molecule has 25 heavy (non-hydrogen) atoms. The van der Waals surface area contributed by atoms with Gasteiger partial charge in [-0.05, 0) is 30.7 Å². The Morgan fingerprint density at radius 1 is 1.36 bits per heavy atom. The van der Waals surface area contributed by atoms with Crippen LogP contribution in [0.4, 0.5) is 0 Å². The van der Waals surface area contributed by atoms with Gasteiger partial charge in [0.25, 0.3) is 0 Å². The van der Waals surface area contributed by atoms with Crippen LogP contribution in [0.3, 0.4) is 0 Å². The molecule has 0 bridgehead atoms. The summed E-state index contributed by atoms with van der Waals surface area (Å²) in [6.45, 7) is 7.11. The molecule has 2 aliphatic rings. The number of hydrogen-bond acceptors (Lipinski definition) is 4. The summed E-state index contributed by atoms with van der Waals surface area (Å²) >= 11 is 0. The Bertz CT molecular complexity index is 599. The first kappa shape index (κ1) is 18.2. The Balaban J connectivity index is 1.73. The predicted molar refractivity (Wildman–Crippen MR) is 96.4 cm³/mol. The second-order valence-electron chi connectivity index (χ2n) is 8.54. The van der Waals surface area contributed by atoms with Crippen molar-refractivity contribution in [2.45, 2.75) is 70.6 Å². The molecule has 1 aromatic heterocycles. The van der Waals surface area contributed by atoms with Crippen molar-refractivity contribution < 1.29 is 14.3 Å². The second kappa shape index (κ2) is 6.94. The molecule has 1 aliphatic heterocycles. The number of rotatable bonds is 4. The lowest BCUT2D eigenvalue weighted by Gasteiger charge is -2.43. The summed E-state index contributed by atoms with van der Waals surface area (Å²) in [5.74, 6) is 0.887. The molecule has 1 aliphatic carbocycles. The average Bonchev–Trinajstić information content (AvgIpc) is 2.94. The Hall–Kier alpha value is -1.62. The van der Waals surface area contributed by atoms with Crippen molar-refractivity contribution in [1.82, 2.24) is 9.88 Å². The fraction of sp³-hybridized carbons (Fsp3) is 0.700. The number of fused-ring (bicyclic) bond motifs is 1. The van der Waals surface area contributed by atoms with Crippen molar-refractivity contribution in [2.24, 2.45) is 5.41 Å². The van der Waals surface area contributed by atoms with E-state index in [1.807, 2.05) is 23.1 Å². The summed E-state index contributed by atoms with van der Waals surface area (Å²) in [4.78, 5) is 19.2. The highest BCUT2D eigenvalue weighted by molar-refractivity contribution is 5.77. The number of methoxy groups -OCH3 is 1. The molecule has 0 spiro atoms.